The third-order valence-electron chi connectivity index (χ3n) is 1.97. The van der Waals surface area contributed by atoms with Crippen LogP contribution in [-0.2, 0) is 11.3 Å². The van der Waals surface area contributed by atoms with Gasteiger partial charge in [0.15, 0.2) is 0 Å². The number of halogens is 1. The SMILES string of the molecule is CN(C=O)Cc1ccc(B(O)O)cc1Cl. The fourth-order valence-corrected chi connectivity index (χ4v) is 1.41. The van der Waals surface area contributed by atoms with Crippen molar-refractivity contribution in [3.63, 3.8) is 0 Å². The number of hydrogen-bond acceptors (Lipinski definition) is 3. The summed E-state index contributed by atoms with van der Waals surface area (Å²) in [7, 11) is 0.110. The van der Waals surface area contributed by atoms with Crippen LogP contribution in [0.4, 0.5) is 0 Å². The molecule has 15 heavy (non-hydrogen) atoms. The van der Waals surface area contributed by atoms with Crippen molar-refractivity contribution in [2.45, 2.75) is 6.54 Å². The highest BCUT2D eigenvalue weighted by atomic mass is 35.5. The van der Waals surface area contributed by atoms with Crippen LogP contribution in [0, 0.1) is 0 Å². The highest BCUT2D eigenvalue weighted by Gasteiger charge is 2.12. The smallest absolute Gasteiger partial charge is 0.423 e. The van der Waals surface area contributed by atoms with Crippen molar-refractivity contribution < 1.29 is 14.8 Å². The minimum absolute atomic E-state index is 0.331. The van der Waals surface area contributed by atoms with E-state index in [1.807, 2.05) is 0 Å². The van der Waals surface area contributed by atoms with Gasteiger partial charge in [-0.15, -0.1) is 0 Å². The predicted octanol–water partition coefficient (Wildman–Crippen LogP) is -0.392. The van der Waals surface area contributed by atoms with E-state index in [9.17, 15) is 4.79 Å². The van der Waals surface area contributed by atoms with E-state index in [-0.39, 0.29) is 0 Å². The molecule has 0 saturated carbocycles. The summed E-state index contributed by atoms with van der Waals surface area (Å²) in [5.74, 6) is 0. The molecule has 2 N–H and O–H groups in total. The van der Waals surface area contributed by atoms with Gasteiger partial charge in [-0.05, 0) is 17.1 Å². The Bertz CT molecular complexity index is 359. The van der Waals surface area contributed by atoms with Crippen molar-refractivity contribution in [2.75, 3.05) is 7.05 Å². The summed E-state index contributed by atoms with van der Waals surface area (Å²) in [4.78, 5) is 11.8. The molecule has 0 heterocycles. The Balaban J connectivity index is 2.88. The number of carbonyl (C=O) groups excluding carboxylic acids is 1. The van der Waals surface area contributed by atoms with Gasteiger partial charge in [0.1, 0.15) is 0 Å². The molecule has 0 aliphatic carbocycles. The van der Waals surface area contributed by atoms with Gasteiger partial charge in [0, 0.05) is 18.6 Å². The maximum Gasteiger partial charge on any atom is 0.488 e. The van der Waals surface area contributed by atoms with Gasteiger partial charge >= 0.3 is 7.12 Å². The summed E-state index contributed by atoms with van der Waals surface area (Å²) < 4.78 is 0. The molecule has 0 aliphatic heterocycles. The molecule has 1 rings (SSSR count). The van der Waals surface area contributed by atoms with Crippen molar-refractivity contribution in [3.05, 3.63) is 28.8 Å². The molecule has 0 spiro atoms. The fourth-order valence-electron chi connectivity index (χ4n) is 1.16. The quantitative estimate of drug-likeness (QED) is 0.544. The zero-order valence-electron chi connectivity index (χ0n) is 8.22. The number of amides is 1. The topological polar surface area (TPSA) is 60.8 Å². The highest BCUT2D eigenvalue weighted by molar-refractivity contribution is 6.59. The van der Waals surface area contributed by atoms with Gasteiger partial charge in [0.05, 0.1) is 0 Å². The van der Waals surface area contributed by atoms with Crippen LogP contribution in [0.25, 0.3) is 0 Å². The van der Waals surface area contributed by atoms with E-state index >= 15 is 0 Å². The number of carbonyl (C=O) groups is 1. The molecule has 0 radical (unpaired) electrons. The Hall–Kier alpha value is -1.04. The van der Waals surface area contributed by atoms with E-state index in [4.69, 9.17) is 21.6 Å². The first-order chi connectivity index (χ1) is 7.04. The van der Waals surface area contributed by atoms with Crippen molar-refractivity contribution in [2.24, 2.45) is 0 Å². The first-order valence-electron chi connectivity index (χ1n) is 4.34. The second-order valence-corrected chi connectivity index (χ2v) is 3.65. The number of benzene rings is 1. The second-order valence-electron chi connectivity index (χ2n) is 3.25. The van der Waals surface area contributed by atoms with Crippen LogP contribution >= 0.6 is 11.6 Å². The molecule has 0 unspecified atom stereocenters. The molecule has 80 valence electrons. The van der Waals surface area contributed by atoms with E-state index in [0.29, 0.717) is 23.4 Å². The van der Waals surface area contributed by atoms with E-state index < -0.39 is 7.12 Å². The number of rotatable bonds is 4. The lowest BCUT2D eigenvalue weighted by Gasteiger charge is -2.12. The fraction of sp³-hybridized carbons (Fsp3) is 0.222. The van der Waals surface area contributed by atoms with E-state index in [2.05, 4.69) is 0 Å². The average molecular weight is 227 g/mol. The molecule has 0 saturated heterocycles. The van der Waals surface area contributed by atoms with Gasteiger partial charge in [0.25, 0.3) is 0 Å². The van der Waals surface area contributed by atoms with Crippen molar-refractivity contribution in [1.82, 2.24) is 4.90 Å². The Morgan fingerprint density at radius 1 is 1.53 bits per heavy atom. The van der Waals surface area contributed by atoms with Crippen LogP contribution < -0.4 is 5.46 Å². The van der Waals surface area contributed by atoms with Gasteiger partial charge in [-0.3, -0.25) is 4.79 Å². The minimum Gasteiger partial charge on any atom is -0.423 e. The molecule has 6 heteroatoms. The molecule has 0 fully saturated rings. The molecule has 0 aromatic heterocycles. The Labute approximate surface area is 93.2 Å². The lowest BCUT2D eigenvalue weighted by molar-refractivity contribution is -0.117. The highest BCUT2D eigenvalue weighted by Crippen LogP contribution is 2.15. The number of hydrogen-bond donors (Lipinski definition) is 2. The third-order valence-corrected chi connectivity index (χ3v) is 2.33. The molecule has 0 atom stereocenters. The van der Waals surface area contributed by atoms with E-state index in [1.54, 1.807) is 19.2 Å². The molecular weight excluding hydrogens is 216 g/mol. The summed E-state index contributed by atoms with van der Waals surface area (Å²) in [5, 5.41) is 18.2. The van der Waals surface area contributed by atoms with Crippen LogP contribution in [0.15, 0.2) is 18.2 Å². The summed E-state index contributed by atoms with van der Waals surface area (Å²) >= 11 is 5.91. The van der Waals surface area contributed by atoms with Gasteiger partial charge < -0.3 is 14.9 Å². The lowest BCUT2D eigenvalue weighted by atomic mass is 9.80. The van der Waals surface area contributed by atoms with E-state index in [1.165, 1.54) is 11.0 Å². The van der Waals surface area contributed by atoms with Crippen molar-refractivity contribution >= 4 is 30.6 Å². The normalized spacial score (nSPS) is 9.87. The summed E-state index contributed by atoms with van der Waals surface area (Å²) in [6.45, 7) is 0.393. The molecule has 4 nitrogen and oxygen atoms in total. The zero-order chi connectivity index (χ0) is 11.4. The van der Waals surface area contributed by atoms with E-state index in [0.717, 1.165) is 5.56 Å². The Morgan fingerprint density at radius 3 is 2.67 bits per heavy atom. The summed E-state index contributed by atoms with van der Waals surface area (Å²) in [5.41, 5.74) is 1.09. The molecule has 1 amide bonds. The first-order valence-corrected chi connectivity index (χ1v) is 4.72. The number of nitrogens with zero attached hydrogens (tertiary/aromatic N) is 1. The van der Waals surface area contributed by atoms with Gasteiger partial charge in [0.2, 0.25) is 6.41 Å². The van der Waals surface area contributed by atoms with Crippen LogP contribution in [0.5, 0.6) is 0 Å². The maximum absolute atomic E-state index is 10.4. The predicted molar refractivity (Wildman–Crippen MR) is 58.8 cm³/mol. The molecule has 1 aromatic rings. The van der Waals surface area contributed by atoms with Crippen molar-refractivity contribution in [1.29, 1.82) is 0 Å². The molecule has 0 aliphatic rings. The standard InChI is InChI=1S/C9H11BClNO3/c1-12(6-13)5-7-2-3-8(10(14)15)4-9(7)11/h2-4,6,14-15H,5H2,1H3. The monoisotopic (exact) mass is 227 g/mol. The van der Waals surface area contributed by atoms with Crippen LogP contribution in [-0.4, -0.2) is 35.5 Å². The van der Waals surface area contributed by atoms with Crippen molar-refractivity contribution in [3.8, 4) is 0 Å². The third kappa shape index (κ3) is 3.23. The Kier molecular flexibility index (Phi) is 4.14. The minimum atomic E-state index is -1.53. The first kappa shape index (κ1) is 12.0. The van der Waals surface area contributed by atoms with Gasteiger partial charge in [-0.2, -0.15) is 0 Å². The maximum atomic E-state index is 10.4. The van der Waals surface area contributed by atoms with Crippen LogP contribution in [0.1, 0.15) is 5.56 Å². The summed E-state index contributed by atoms with van der Waals surface area (Å²) in [6.07, 6.45) is 0.700. The van der Waals surface area contributed by atoms with Crippen LogP contribution in [0.2, 0.25) is 5.02 Å². The van der Waals surface area contributed by atoms with Crippen LogP contribution in [0.3, 0.4) is 0 Å². The summed E-state index contributed by atoms with van der Waals surface area (Å²) in [6, 6.07) is 4.70. The molecule has 0 bridgehead atoms. The lowest BCUT2D eigenvalue weighted by Crippen LogP contribution is -2.30. The molecule has 1 aromatic carbocycles. The largest absolute Gasteiger partial charge is 0.488 e. The second kappa shape index (κ2) is 5.16. The molecular formula is C9H11BClNO3. The van der Waals surface area contributed by atoms with Gasteiger partial charge in [-0.1, -0.05) is 23.7 Å². The zero-order valence-corrected chi connectivity index (χ0v) is 8.98. The average Bonchev–Trinajstić information content (AvgIpc) is 2.20. The Morgan fingerprint density at radius 2 is 2.20 bits per heavy atom. The van der Waals surface area contributed by atoms with Gasteiger partial charge in [-0.25, -0.2) is 0 Å².